The van der Waals surface area contributed by atoms with E-state index in [1.165, 1.54) is 7.11 Å². The minimum Gasteiger partial charge on any atom is -0.469 e. The molecule has 1 aliphatic rings. The Balaban J connectivity index is 1.69. The van der Waals surface area contributed by atoms with Gasteiger partial charge in [-0.3, -0.25) is 10.2 Å². The first-order valence-corrected chi connectivity index (χ1v) is 8.78. The molecule has 7 nitrogen and oxygen atoms in total. The highest BCUT2D eigenvalue weighted by molar-refractivity contribution is 5.95. The molecule has 1 aromatic heterocycles. The van der Waals surface area contributed by atoms with Crippen molar-refractivity contribution >= 4 is 17.6 Å². The highest BCUT2D eigenvalue weighted by Gasteiger charge is 2.23. The van der Waals surface area contributed by atoms with Crippen LogP contribution in [0.3, 0.4) is 0 Å². The van der Waals surface area contributed by atoms with E-state index in [9.17, 15) is 4.79 Å². The van der Waals surface area contributed by atoms with Gasteiger partial charge in [-0.1, -0.05) is 24.3 Å². The molecule has 0 amide bonds. The van der Waals surface area contributed by atoms with Gasteiger partial charge in [0.2, 0.25) is 0 Å². The molecule has 0 aliphatic carbocycles. The molecule has 0 bridgehead atoms. The third-order valence-electron chi connectivity index (χ3n) is 4.94. The van der Waals surface area contributed by atoms with Gasteiger partial charge in [0, 0.05) is 43.9 Å². The van der Waals surface area contributed by atoms with Crippen LogP contribution in [0.2, 0.25) is 0 Å². The summed E-state index contributed by atoms with van der Waals surface area (Å²) in [6.45, 7) is 1.78. The fourth-order valence-electron chi connectivity index (χ4n) is 3.36. The molecule has 3 rings (SSSR count). The number of piperidine rings is 1. The largest absolute Gasteiger partial charge is 0.469 e. The van der Waals surface area contributed by atoms with E-state index < -0.39 is 0 Å². The van der Waals surface area contributed by atoms with Gasteiger partial charge >= 0.3 is 5.97 Å². The molecule has 1 fully saturated rings. The van der Waals surface area contributed by atoms with Crippen molar-refractivity contribution in [2.24, 2.45) is 18.7 Å². The van der Waals surface area contributed by atoms with Crippen LogP contribution in [-0.2, 0) is 16.6 Å². The number of amidine groups is 1. The number of hydrogen-bond donors (Lipinski definition) is 2. The Hall–Kier alpha value is -2.83. The molecule has 1 saturated heterocycles. The lowest BCUT2D eigenvalue weighted by Crippen LogP contribution is -2.34. The molecule has 2 aromatic rings. The second-order valence-electron chi connectivity index (χ2n) is 6.74. The van der Waals surface area contributed by atoms with Gasteiger partial charge in [-0.05, 0) is 18.8 Å². The summed E-state index contributed by atoms with van der Waals surface area (Å²) in [6, 6.07) is 7.55. The number of esters is 1. The molecule has 0 spiro atoms. The average molecular weight is 355 g/mol. The number of aryl methyl sites for hydroxylation is 1. The molecule has 0 radical (unpaired) electrons. The monoisotopic (exact) mass is 355 g/mol. The summed E-state index contributed by atoms with van der Waals surface area (Å²) in [5.41, 5.74) is 7.21. The third-order valence-corrected chi connectivity index (χ3v) is 4.94. The number of rotatable bonds is 5. The number of carbonyl (C=O) groups excluding carboxylic acids is 1. The minimum atomic E-state index is -0.127. The Morgan fingerprint density at radius 3 is 2.54 bits per heavy atom. The van der Waals surface area contributed by atoms with Gasteiger partial charge in [-0.25, -0.2) is 4.98 Å². The number of nitrogens with zero attached hydrogens (tertiary/aromatic N) is 3. The molecular formula is C19H25N5O2. The van der Waals surface area contributed by atoms with E-state index in [-0.39, 0.29) is 11.8 Å². The molecule has 26 heavy (non-hydrogen) atoms. The van der Waals surface area contributed by atoms with Crippen molar-refractivity contribution < 1.29 is 9.53 Å². The molecular weight excluding hydrogens is 330 g/mol. The van der Waals surface area contributed by atoms with E-state index in [0.717, 1.165) is 43.1 Å². The fourth-order valence-corrected chi connectivity index (χ4v) is 3.36. The number of nitrogens with two attached hydrogens (primary N) is 1. The molecule has 138 valence electrons. The van der Waals surface area contributed by atoms with E-state index in [0.29, 0.717) is 17.9 Å². The Bertz CT molecular complexity index is 789. The molecule has 0 saturated carbocycles. The van der Waals surface area contributed by atoms with Crippen LogP contribution in [0.5, 0.6) is 0 Å². The van der Waals surface area contributed by atoms with Crippen LogP contribution in [0, 0.1) is 11.3 Å². The smallest absolute Gasteiger partial charge is 0.305 e. The molecule has 0 atom stereocenters. The molecule has 1 aromatic carbocycles. The van der Waals surface area contributed by atoms with Crippen LogP contribution in [0.25, 0.3) is 11.4 Å². The van der Waals surface area contributed by atoms with Gasteiger partial charge in [-0.2, -0.15) is 0 Å². The van der Waals surface area contributed by atoms with Crippen molar-refractivity contribution in [2.75, 3.05) is 25.1 Å². The van der Waals surface area contributed by atoms with Crippen LogP contribution in [0.4, 0.5) is 5.82 Å². The summed E-state index contributed by atoms with van der Waals surface area (Å²) in [6.07, 6.45) is 4.47. The SMILES string of the molecule is COC(=O)CC1CCN(c2cn(C)c(-c3ccc(C(=N)N)cc3)n2)CC1. The number of nitrogen functional groups attached to an aromatic ring is 1. The van der Waals surface area contributed by atoms with Crippen molar-refractivity contribution in [3.63, 3.8) is 0 Å². The summed E-state index contributed by atoms with van der Waals surface area (Å²) in [5.74, 6) is 2.16. The van der Waals surface area contributed by atoms with Crippen LogP contribution in [-0.4, -0.2) is 41.6 Å². The highest BCUT2D eigenvalue weighted by Crippen LogP contribution is 2.27. The van der Waals surface area contributed by atoms with E-state index in [2.05, 4.69) is 4.90 Å². The number of hydrogen-bond acceptors (Lipinski definition) is 5. The van der Waals surface area contributed by atoms with Gasteiger partial charge in [0.15, 0.2) is 0 Å². The Morgan fingerprint density at radius 1 is 1.31 bits per heavy atom. The number of carbonyl (C=O) groups is 1. The zero-order valence-corrected chi connectivity index (χ0v) is 15.2. The second kappa shape index (κ2) is 7.59. The van der Waals surface area contributed by atoms with Gasteiger partial charge in [-0.15, -0.1) is 0 Å². The van der Waals surface area contributed by atoms with Crippen LogP contribution in [0.15, 0.2) is 30.5 Å². The quantitative estimate of drug-likeness (QED) is 0.487. The lowest BCUT2D eigenvalue weighted by atomic mass is 9.94. The maximum absolute atomic E-state index is 11.4. The van der Waals surface area contributed by atoms with Crippen molar-refractivity contribution in [3.05, 3.63) is 36.0 Å². The van der Waals surface area contributed by atoms with Gasteiger partial charge in [0.05, 0.1) is 7.11 Å². The number of ether oxygens (including phenoxy) is 1. The van der Waals surface area contributed by atoms with Crippen LogP contribution in [0.1, 0.15) is 24.8 Å². The Labute approximate surface area is 153 Å². The van der Waals surface area contributed by atoms with Gasteiger partial charge in [0.25, 0.3) is 0 Å². The number of methoxy groups -OCH3 is 1. The van der Waals surface area contributed by atoms with Gasteiger partial charge < -0.3 is 19.9 Å². The van der Waals surface area contributed by atoms with Gasteiger partial charge in [0.1, 0.15) is 17.5 Å². The predicted molar refractivity (Wildman–Crippen MR) is 101 cm³/mol. The number of benzene rings is 1. The Kier molecular flexibility index (Phi) is 5.25. The first-order valence-electron chi connectivity index (χ1n) is 8.78. The summed E-state index contributed by atoms with van der Waals surface area (Å²) >= 11 is 0. The normalized spacial score (nSPS) is 15.1. The van der Waals surface area contributed by atoms with E-state index in [1.807, 2.05) is 42.1 Å². The molecule has 2 heterocycles. The molecule has 7 heteroatoms. The number of aromatic nitrogens is 2. The number of imidazole rings is 1. The van der Waals surface area contributed by atoms with E-state index in [1.54, 1.807) is 0 Å². The number of nitrogens with one attached hydrogen (secondary N) is 1. The summed E-state index contributed by atoms with van der Waals surface area (Å²) in [5, 5.41) is 7.48. The first kappa shape index (κ1) is 18.0. The van der Waals surface area contributed by atoms with E-state index >= 15 is 0 Å². The van der Waals surface area contributed by atoms with Crippen LogP contribution >= 0.6 is 0 Å². The maximum Gasteiger partial charge on any atom is 0.305 e. The summed E-state index contributed by atoms with van der Waals surface area (Å²) < 4.78 is 6.78. The second-order valence-corrected chi connectivity index (χ2v) is 6.74. The number of anilines is 1. The third kappa shape index (κ3) is 3.87. The summed E-state index contributed by atoms with van der Waals surface area (Å²) in [4.78, 5) is 18.5. The standard InChI is InChI=1S/C19H25N5O2/c1-23-12-16(24-9-7-13(8-10-24)11-17(25)26-2)22-19(23)15-5-3-14(4-6-15)18(20)21/h3-6,12-13H,7-11H2,1-2H3,(H3,20,21). The summed E-state index contributed by atoms with van der Waals surface area (Å²) in [7, 11) is 3.42. The zero-order chi connectivity index (χ0) is 18.7. The van der Waals surface area contributed by atoms with E-state index in [4.69, 9.17) is 20.9 Å². The van der Waals surface area contributed by atoms with Crippen molar-refractivity contribution in [1.29, 1.82) is 5.41 Å². The van der Waals surface area contributed by atoms with Crippen molar-refractivity contribution in [3.8, 4) is 11.4 Å². The van der Waals surface area contributed by atoms with Crippen LogP contribution < -0.4 is 10.6 Å². The topological polar surface area (TPSA) is 97.2 Å². The first-order chi connectivity index (χ1) is 12.5. The Morgan fingerprint density at radius 2 is 1.96 bits per heavy atom. The fraction of sp³-hybridized carbons (Fsp3) is 0.421. The molecule has 1 aliphatic heterocycles. The predicted octanol–water partition coefficient (Wildman–Crippen LogP) is 2.15. The highest BCUT2D eigenvalue weighted by atomic mass is 16.5. The molecule has 3 N–H and O–H groups in total. The lowest BCUT2D eigenvalue weighted by molar-refractivity contribution is -0.141. The van der Waals surface area contributed by atoms with Crippen molar-refractivity contribution in [2.45, 2.75) is 19.3 Å². The lowest BCUT2D eigenvalue weighted by Gasteiger charge is -2.31. The average Bonchev–Trinajstić information content (AvgIpc) is 3.04. The maximum atomic E-state index is 11.4. The zero-order valence-electron chi connectivity index (χ0n) is 15.2. The molecule has 0 unspecified atom stereocenters. The minimum absolute atomic E-state index is 0.0619. The van der Waals surface area contributed by atoms with Crippen molar-refractivity contribution in [1.82, 2.24) is 9.55 Å².